The van der Waals surface area contributed by atoms with Crippen molar-refractivity contribution in [2.45, 2.75) is 24.7 Å². The van der Waals surface area contributed by atoms with Crippen molar-refractivity contribution in [2.75, 3.05) is 13.2 Å². The lowest BCUT2D eigenvalue weighted by molar-refractivity contribution is -0.125. The molecule has 0 saturated carbocycles. The quantitative estimate of drug-likeness (QED) is 0.341. The summed E-state index contributed by atoms with van der Waals surface area (Å²) in [6, 6.07) is 32.7. The number of rotatable bonds is 9. The molecule has 3 aromatic carbocycles. The van der Waals surface area contributed by atoms with Crippen LogP contribution in [0.4, 0.5) is 0 Å². The highest BCUT2D eigenvalue weighted by Crippen LogP contribution is 2.51. The van der Waals surface area contributed by atoms with E-state index in [1.54, 1.807) is 6.20 Å². The van der Waals surface area contributed by atoms with Crippen molar-refractivity contribution in [2.24, 2.45) is 0 Å². The Morgan fingerprint density at radius 2 is 1.44 bits per heavy atom. The zero-order chi connectivity index (χ0) is 23.2. The molecule has 4 heteroatoms. The number of carbonyl (C=O) groups excluding carboxylic acids is 1. The number of ether oxygens (including phenoxy) is 1. The summed E-state index contributed by atoms with van der Waals surface area (Å²) in [6.07, 6.45) is 4.28. The maximum atomic E-state index is 14.0. The van der Waals surface area contributed by atoms with Gasteiger partial charge in [0.25, 0.3) is 0 Å². The number of hydrogen-bond donors (Lipinski definition) is 1. The molecule has 0 bridgehead atoms. The molecule has 0 atom stereocenters. The van der Waals surface area contributed by atoms with Crippen LogP contribution in [-0.2, 0) is 16.6 Å². The number of pyridine rings is 1. The van der Waals surface area contributed by atoms with Crippen molar-refractivity contribution in [3.05, 3.63) is 120 Å². The summed E-state index contributed by atoms with van der Waals surface area (Å²) in [5.41, 5.74) is 5.06. The van der Waals surface area contributed by atoms with Crippen LogP contribution in [0.1, 0.15) is 29.5 Å². The molecule has 0 spiro atoms. The van der Waals surface area contributed by atoms with E-state index in [2.05, 4.69) is 58.8 Å². The van der Waals surface area contributed by atoms with E-state index in [0.717, 1.165) is 41.5 Å². The number of fused-ring (bicyclic) bond motifs is 3. The molecule has 1 aromatic heterocycles. The second kappa shape index (κ2) is 9.92. The number of hydrogen-bond acceptors (Lipinski definition) is 3. The molecule has 1 aliphatic carbocycles. The third kappa shape index (κ3) is 4.19. The van der Waals surface area contributed by atoms with Gasteiger partial charge in [-0.3, -0.25) is 4.79 Å². The van der Waals surface area contributed by atoms with E-state index in [9.17, 15) is 4.79 Å². The first-order valence-electron chi connectivity index (χ1n) is 11.8. The topological polar surface area (TPSA) is 51.2 Å². The van der Waals surface area contributed by atoms with E-state index in [-0.39, 0.29) is 5.91 Å². The van der Waals surface area contributed by atoms with Crippen LogP contribution in [-0.4, -0.2) is 24.0 Å². The molecule has 0 saturated heterocycles. The minimum atomic E-state index is -0.715. The minimum Gasteiger partial charge on any atom is -0.476 e. The van der Waals surface area contributed by atoms with E-state index in [1.807, 2.05) is 48.5 Å². The van der Waals surface area contributed by atoms with Gasteiger partial charge in [-0.2, -0.15) is 0 Å². The van der Waals surface area contributed by atoms with Crippen molar-refractivity contribution in [1.82, 2.24) is 10.3 Å². The molecule has 1 aliphatic rings. The van der Waals surface area contributed by atoms with E-state index in [0.29, 0.717) is 19.0 Å². The van der Waals surface area contributed by atoms with Crippen molar-refractivity contribution in [3.8, 4) is 17.0 Å². The number of nitrogens with zero attached hydrogens (tertiary/aromatic N) is 1. The molecule has 0 aliphatic heterocycles. The highest BCUT2D eigenvalue weighted by Gasteiger charge is 2.48. The van der Waals surface area contributed by atoms with Gasteiger partial charge in [-0.15, -0.1) is 0 Å². The Balaban J connectivity index is 1.40. The fraction of sp³-hybridized carbons (Fsp3) is 0.200. The predicted octanol–water partition coefficient (Wildman–Crippen LogP) is 5.57. The lowest BCUT2D eigenvalue weighted by Crippen LogP contribution is -2.45. The van der Waals surface area contributed by atoms with Crippen molar-refractivity contribution in [1.29, 1.82) is 0 Å². The maximum absolute atomic E-state index is 14.0. The fourth-order valence-corrected chi connectivity index (χ4v) is 5.06. The zero-order valence-electron chi connectivity index (χ0n) is 19.1. The lowest BCUT2D eigenvalue weighted by Gasteiger charge is -2.31. The van der Waals surface area contributed by atoms with Crippen molar-refractivity contribution in [3.63, 3.8) is 0 Å². The SMILES string of the molecule is O=C(NCCOc1ccccn1)C1(CCCc2ccccc2)c2ccccc2-c2ccccc21. The van der Waals surface area contributed by atoms with Gasteiger partial charge in [0.2, 0.25) is 11.8 Å². The van der Waals surface area contributed by atoms with E-state index in [4.69, 9.17) is 4.74 Å². The summed E-state index contributed by atoms with van der Waals surface area (Å²) in [6.45, 7) is 0.784. The van der Waals surface area contributed by atoms with Crippen LogP contribution in [0.2, 0.25) is 0 Å². The smallest absolute Gasteiger partial charge is 0.235 e. The number of amides is 1. The number of aromatic nitrogens is 1. The Kier molecular flexibility index (Phi) is 6.39. The van der Waals surface area contributed by atoms with Crippen LogP contribution >= 0.6 is 0 Å². The first kappa shape index (κ1) is 21.9. The summed E-state index contributed by atoms with van der Waals surface area (Å²) in [4.78, 5) is 18.1. The van der Waals surface area contributed by atoms with Gasteiger partial charge in [0, 0.05) is 12.3 Å². The van der Waals surface area contributed by atoms with Gasteiger partial charge in [-0.05, 0) is 53.1 Å². The van der Waals surface area contributed by atoms with Gasteiger partial charge < -0.3 is 10.1 Å². The van der Waals surface area contributed by atoms with Gasteiger partial charge in [0.05, 0.1) is 6.54 Å². The van der Waals surface area contributed by atoms with Crippen LogP contribution in [0.3, 0.4) is 0 Å². The molecule has 0 unspecified atom stereocenters. The second-order valence-corrected chi connectivity index (χ2v) is 8.61. The molecule has 1 heterocycles. The van der Waals surface area contributed by atoms with E-state index >= 15 is 0 Å². The first-order chi connectivity index (χ1) is 16.8. The molecule has 0 radical (unpaired) electrons. The highest BCUT2D eigenvalue weighted by molar-refractivity contribution is 6.00. The average Bonchev–Trinajstić information content (AvgIpc) is 3.19. The maximum Gasteiger partial charge on any atom is 0.235 e. The molecule has 1 N–H and O–H groups in total. The summed E-state index contributed by atoms with van der Waals surface area (Å²) in [5.74, 6) is 0.591. The molecule has 1 amide bonds. The fourth-order valence-electron chi connectivity index (χ4n) is 5.06. The monoisotopic (exact) mass is 448 g/mol. The third-order valence-corrected chi connectivity index (χ3v) is 6.59. The Bertz CT molecular complexity index is 1210. The van der Waals surface area contributed by atoms with E-state index in [1.165, 1.54) is 5.56 Å². The summed E-state index contributed by atoms with van der Waals surface area (Å²) in [5, 5.41) is 3.17. The summed E-state index contributed by atoms with van der Waals surface area (Å²) >= 11 is 0. The zero-order valence-corrected chi connectivity index (χ0v) is 19.1. The standard InChI is InChI=1S/C30H28N2O2/c33-29(32-21-22-34-28-18-8-9-20-31-28)30(19-10-13-23-11-2-1-3-12-23)26-16-6-4-14-24(26)25-15-5-7-17-27(25)30/h1-9,11-12,14-18,20H,10,13,19,21-22H2,(H,32,33). The average molecular weight is 449 g/mol. The van der Waals surface area contributed by atoms with Crippen LogP contribution < -0.4 is 10.1 Å². The summed E-state index contributed by atoms with van der Waals surface area (Å²) < 4.78 is 5.70. The Morgan fingerprint density at radius 3 is 2.12 bits per heavy atom. The van der Waals surface area contributed by atoms with Gasteiger partial charge in [0.1, 0.15) is 12.0 Å². The van der Waals surface area contributed by atoms with Crippen LogP contribution in [0, 0.1) is 0 Å². The normalized spacial score (nSPS) is 13.1. The Hall–Kier alpha value is -3.92. The molecule has 4 aromatic rings. The second-order valence-electron chi connectivity index (χ2n) is 8.61. The minimum absolute atomic E-state index is 0.0302. The van der Waals surface area contributed by atoms with E-state index < -0.39 is 5.41 Å². The van der Waals surface area contributed by atoms with Gasteiger partial charge in [0.15, 0.2) is 0 Å². The number of benzene rings is 3. The largest absolute Gasteiger partial charge is 0.476 e. The molecular formula is C30H28N2O2. The molecule has 0 fully saturated rings. The number of nitrogens with one attached hydrogen (secondary N) is 1. The van der Waals surface area contributed by atoms with Gasteiger partial charge in [-0.25, -0.2) is 4.98 Å². The van der Waals surface area contributed by atoms with Gasteiger partial charge in [-0.1, -0.05) is 84.9 Å². The molecule has 34 heavy (non-hydrogen) atoms. The van der Waals surface area contributed by atoms with Gasteiger partial charge >= 0.3 is 0 Å². The third-order valence-electron chi connectivity index (χ3n) is 6.59. The number of carbonyl (C=O) groups is 1. The number of aryl methyl sites for hydroxylation is 1. The predicted molar refractivity (Wildman–Crippen MR) is 135 cm³/mol. The van der Waals surface area contributed by atoms with Crippen molar-refractivity contribution < 1.29 is 9.53 Å². The van der Waals surface area contributed by atoms with Crippen LogP contribution in [0.15, 0.2) is 103 Å². The Morgan fingerprint density at radius 1 is 0.794 bits per heavy atom. The molecule has 170 valence electrons. The van der Waals surface area contributed by atoms with Crippen molar-refractivity contribution >= 4 is 5.91 Å². The molecule has 4 nitrogen and oxygen atoms in total. The van der Waals surface area contributed by atoms with Crippen LogP contribution in [0.25, 0.3) is 11.1 Å². The first-order valence-corrected chi connectivity index (χ1v) is 11.8. The molecular weight excluding hydrogens is 420 g/mol. The summed E-state index contributed by atoms with van der Waals surface area (Å²) in [7, 11) is 0. The highest BCUT2D eigenvalue weighted by atomic mass is 16.5. The lowest BCUT2D eigenvalue weighted by atomic mass is 9.73. The molecule has 5 rings (SSSR count). The Labute approximate surface area is 200 Å². The van der Waals surface area contributed by atoms with Crippen LogP contribution in [0.5, 0.6) is 5.88 Å².